The molecule has 9 rings (SSSR count). The number of nitrogens with one attached hydrogen (secondary N) is 2. The van der Waals surface area contributed by atoms with Gasteiger partial charge in [0.2, 0.25) is 0 Å². The van der Waals surface area contributed by atoms with Crippen LogP contribution in [0, 0.1) is 0 Å². The topological polar surface area (TPSA) is 146 Å². The van der Waals surface area contributed by atoms with Crippen LogP contribution in [0.15, 0.2) is 91.0 Å². The van der Waals surface area contributed by atoms with Gasteiger partial charge in [0, 0.05) is 0 Å². The summed E-state index contributed by atoms with van der Waals surface area (Å²) >= 11 is 1.04. The molecule has 0 aliphatic carbocycles. The molecule has 12 nitrogen and oxygen atoms in total. The zero-order valence-electron chi connectivity index (χ0n) is 28.0. The molecule has 2 aliphatic rings. The van der Waals surface area contributed by atoms with Gasteiger partial charge in [0.05, 0.1) is 0 Å². The van der Waals surface area contributed by atoms with Gasteiger partial charge in [-0.15, -0.1) is 0 Å². The van der Waals surface area contributed by atoms with Gasteiger partial charge in [-0.3, -0.25) is 0 Å². The second-order valence-electron chi connectivity index (χ2n) is 12.0. The minimum atomic E-state index is 0.396. The number of H-pyrrole nitrogens is 2. The van der Waals surface area contributed by atoms with E-state index in [9.17, 15) is 0 Å². The number of benzene rings is 4. The molecule has 262 valence electrons. The van der Waals surface area contributed by atoms with Crippen molar-refractivity contribution >= 4 is 48.7 Å². The second kappa shape index (κ2) is 14.3. The summed E-state index contributed by atoms with van der Waals surface area (Å²) in [5.41, 5.74) is 6.09. The number of nitrogens with zero attached hydrogens (tertiary/aromatic N) is 6. The van der Waals surface area contributed by atoms with Crippen LogP contribution in [0.1, 0.15) is 0 Å². The molecule has 5 heterocycles. The van der Waals surface area contributed by atoms with Crippen molar-refractivity contribution in [1.29, 1.82) is 0 Å². The fourth-order valence-electron chi connectivity index (χ4n) is 6.31. The number of aromatic nitrogens is 8. The summed E-state index contributed by atoms with van der Waals surface area (Å²) in [5.74, 6) is 2.22. The summed E-state index contributed by atoms with van der Waals surface area (Å²) in [4.78, 5) is 37.4. The van der Waals surface area contributed by atoms with Gasteiger partial charge in [-0.2, -0.15) is 0 Å². The molecule has 8 bridgehead atoms. The molecule has 0 atom stereocenters. The number of aromatic amines is 2. The fourth-order valence-corrected chi connectivity index (χ4v) is 7.16. The third-order valence-electron chi connectivity index (χ3n) is 8.71. The van der Waals surface area contributed by atoms with Crippen molar-refractivity contribution in [3.05, 3.63) is 91.0 Å². The third kappa shape index (κ3) is 6.12. The average molecular weight is 735 g/mol. The van der Waals surface area contributed by atoms with Crippen LogP contribution in [-0.2, 0) is 32.9 Å². The van der Waals surface area contributed by atoms with Crippen molar-refractivity contribution in [2.45, 2.75) is 0 Å². The van der Waals surface area contributed by atoms with Gasteiger partial charge in [-0.1, -0.05) is 6.07 Å². The monoisotopic (exact) mass is 734 g/mol. The van der Waals surface area contributed by atoms with Crippen LogP contribution in [0.3, 0.4) is 0 Å². The Kier molecular flexibility index (Phi) is 8.93. The molecule has 0 amide bonds. The van der Waals surface area contributed by atoms with Crippen LogP contribution in [0.4, 0.5) is 0 Å². The summed E-state index contributed by atoms with van der Waals surface area (Å²) in [6.45, 7) is 2.92. The molecule has 52 heavy (non-hydrogen) atoms. The molecule has 4 aromatic carbocycles. The number of hydrogen-bond acceptors (Lipinski definition) is 10. The standard InChI is InChI=1S/C32H17N8.C7H15O4.Ni/c1-2-10-18-17(9-1)25-33-26(18)38-28-21-13-5-6-14-22(21)30(35-28)40-32-24-16-8-7-15-23(24)31(36-32)39-29-20-12-4-3-11-19(20)27(34-29)37-25;1-9-4-5-11-7-6-10-3-2-8;/h1-15H,(H2,33,34,35,36,37,38,39,40);2-7H2,1H3;/q;-1;+1. The summed E-state index contributed by atoms with van der Waals surface area (Å²) in [7, 11) is 1.65. The van der Waals surface area contributed by atoms with Gasteiger partial charge in [0.1, 0.15) is 0 Å². The minimum absolute atomic E-state index is 0.396. The van der Waals surface area contributed by atoms with Gasteiger partial charge in [0.15, 0.2) is 0 Å². The van der Waals surface area contributed by atoms with E-state index in [1.165, 1.54) is 0 Å². The molecule has 0 saturated heterocycles. The molecule has 2 aliphatic heterocycles. The average Bonchev–Trinajstić information content (AvgIpc) is 3.91. The predicted molar refractivity (Wildman–Crippen MR) is 195 cm³/mol. The Balaban J connectivity index is 1.21. The first kappa shape index (κ1) is 32.5. The van der Waals surface area contributed by atoms with Crippen molar-refractivity contribution in [2.24, 2.45) is 0 Å². The summed E-state index contributed by atoms with van der Waals surface area (Å²) in [6.07, 6.45) is 0. The van der Waals surface area contributed by atoms with Gasteiger partial charge in [0.25, 0.3) is 0 Å². The van der Waals surface area contributed by atoms with Crippen molar-refractivity contribution in [3.8, 4) is 45.6 Å². The first-order valence-corrected chi connectivity index (χ1v) is 17.7. The van der Waals surface area contributed by atoms with E-state index in [0.717, 1.165) is 63.1 Å². The number of ether oxygens (including phenoxy) is 3. The molecular weight excluding hydrogens is 703 g/mol. The van der Waals surface area contributed by atoms with Crippen LogP contribution >= 0.6 is 0 Å². The van der Waals surface area contributed by atoms with Gasteiger partial charge >= 0.3 is 299 Å². The van der Waals surface area contributed by atoms with Crippen molar-refractivity contribution in [3.63, 3.8) is 0 Å². The maximum atomic E-state index is 6.05. The molecule has 0 unspecified atom stereocenters. The maximum absolute atomic E-state index is 6.05. The molecule has 7 aromatic rings. The number of hydrogen-bond donors (Lipinski definition) is 2. The quantitative estimate of drug-likeness (QED) is 0.117. The van der Waals surface area contributed by atoms with Crippen LogP contribution in [0.25, 0.3) is 89.7 Å². The van der Waals surface area contributed by atoms with Crippen LogP contribution in [0.5, 0.6) is 0 Å². The fraction of sp³-hybridized carbons (Fsp3) is 0.179. The van der Waals surface area contributed by atoms with E-state index >= 15 is 0 Å². The molecule has 2 N–H and O–H groups in total. The predicted octanol–water partition coefficient (Wildman–Crippen LogP) is 6.19. The Morgan fingerprint density at radius 2 is 0.904 bits per heavy atom. The Morgan fingerprint density at radius 3 is 1.46 bits per heavy atom. The molecule has 3 aromatic heterocycles. The normalized spacial score (nSPS) is 12.1. The molecule has 0 fully saturated rings. The zero-order valence-corrected chi connectivity index (χ0v) is 29.0. The first-order valence-electron chi connectivity index (χ1n) is 16.8. The van der Waals surface area contributed by atoms with Crippen LogP contribution < -0.4 is 4.53 Å². The van der Waals surface area contributed by atoms with Gasteiger partial charge < -0.3 is 0 Å². The summed E-state index contributed by atoms with van der Waals surface area (Å²) in [6, 6.07) is 30.1. The van der Waals surface area contributed by atoms with E-state index < -0.39 is 0 Å². The molecular formula is C39H32N8NiO4. The Bertz CT molecular complexity index is 2620. The van der Waals surface area contributed by atoms with Crippen molar-refractivity contribution in [1.82, 2.24) is 39.9 Å². The van der Waals surface area contributed by atoms with Crippen molar-refractivity contribution < 1.29 is 32.9 Å². The third-order valence-corrected chi connectivity index (χ3v) is 9.69. The Labute approximate surface area is 303 Å². The van der Waals surface area contributed by atoms with E-state index in [-0.39, 0.29) is 0 Å². The van der Waals surface area contributed by atoms with Crippen molar-refractivity contribution in [2.75, 3.05) is 46.8 Å². The SMILES string of the molecule is COCCOCCOCC[O][Ni][c]1cccc2c3nc4nc(nc5[nH]c(nc6nc(nc([nH]3)c12)-c1ccccc1-6)c1ccccc51)-c1ccccc1-4. The first-order chi connectivity index (χ1) is 25.7. The van der Waals surface area contributed by atoms with Gasteiger partial charge in [-0.25, -0.2) is 0 Å². The Morgan fingerprint density at radius 1 is 0.462 bits per heavy atom. The molecule has 13 heteroatoms. The number of rotatable bonds is 11. The summed E-state index contributed by atoms with van der Waals surface area (Å²) in [5, 5.41) is 3.60. The molecule has 0 spiro atoms. The molecule has 0 saturated carbocycles. The van der Waals surface area contributed by atoms with Crippen LogP contribution in [0.2, 0.25) is 0 Å². The van der Waals surface area contributed by atoms with E-state index in [1.54, 1.807) is 7.11 Å². The second-order valence-corrected chi connectivity index (χ2v) is 13.0. The van der Waals surface area contributed by atoms with Crippen LogP contribution in [-0.4, -0.2) is 86.6 Å². The summed E-state index contributed by atoms with van der Waals surface area (Å²) < 4.78 is 23.1. The van der Waals surface area contributed by atoms with E-state index in [0.29, 0.717) is 85.5 Å². The number of methoxy groups -OCH3 is 1. The number of fused-ring (bicyclic) bond motifs is 20. The Hall–Kier alpha value is -5.43. The zero-order chi connectivity index (χ0) is 34.9. The van der Waals surface area contributed by atoms with E-state index in [1.807, 2.05) is 91.0 Å². The van der Waals surface area contributed by atoms with E-state index in [4.69, 9.17) is 48.0 Å². The molecule has 0 radical (unpaired) electrons. The van der Waals surface area contributed by atoms with E-state index in [2.05, 4.69) is 9.97 Å². The van der Waals surface area contributed by atoms with Gasteiger partial charge in [-0.05, 0) is 0 Å².